The van der Waals surface area contributed by atoms with Crippen molar-refractivity contribution in [1.82, 2.24) is 0 Å². The molecule has 0 amide bonds. The van der Waals surface area contributed by atoms with Crippen LogP contribution in [-0.2, 0) is 0 Å². The number of furan rings is 1. The molecule has 0 unspecified atom stereocenters. The number of nitriles is 1. The van der Waals surface area contributed by atoms with Gasteiger partial charge in [-0.05, 0) is 24.3 Å². The van der Waals surface area contributed by atoms with Gasteiger partial charge in [0, 0.05) is 5.56 Å². The van der Waals surface area contributed by atoms with Gasteiger partial charge in [-0.1, -0.05) is 12.1 Å². The van der Waals surface area contributed by atoms with Crippen LogP contribution in [0.1, 0.15) is 11.3 Å². The fourth-order valence-corrected chi connectivity index (χ4v) is 1.52. The third kappa shape index (κ3) is 2.44. The molecule has 0 fully saturated rings. The van der Waals surface area contributed by atoms with Crippen molar-refractivity contribution in [3.63, 3.8) is 0 Å². The zero-order valence-corrected chi connectivity index (χ0v) is 9.24. The summed E-state index contributed by atoms with van der Waals surface area (Å²) >= 11 is 0. The number of nitro groups is 1. The molecule has 0 atom stereocenters. The van der Waals surface area contributed by atoms with Crippen molar-refractivity contribution in [2.75, 3.05) is 0 Å². The number of benzene rings is 1. The highest BCUT2D eigenvalue weighted by Gasteiger charge is 2.08. The molecule has 1 aromatic heterocycles. The van der Waals surface area contributed by atoms with E-state index in [0.717, 1.165) is 6.20 Å². The highest BCUT2D eigenvalue weighted by atomic mass is 16.6. The van der Waals surface area contributed by atoms with Crippen LogP contribution in [0.3, 0.4) is 0 Å². The molecule has 0 radical (unpaired) electrons. The maximum Gasteiger partial charge on any atom is 0.238 e. The van der Waals surface area contributed by atoms with E-state index in [1.165, 1.54) is 6.08 Å². The van der Waals surface area contributed by atoms with Crippen molar-refractivity contribution in [2.24, 2.45) is 0 Å². The zero-order chi connectivity index (χ0) is 13.0. The molecule has 0 saturated carbocycles. The van der Waals surface area contributed by atoms with Crippen LogP contribution in [-0.4, -0.2) is 4.92 Å². The fraction of sp³-hybridized carbons (Fsp3) is 0. The van der Waals surface area contributed by atoms with E-state index >= 15 is 0 Å². The first-order valence-electron chi connectivity index (χ1n) is 5.12. The average molecular weight is 240 g/mol. The van der Waals surface area contributed by atoms with Crippen LogP contribution in [0.4, 0.5) is 0 Å². The van der Waals surface area contributed by atoms with Crippen molar-refractivity contribution >= 4 is 6.08 Å². The summed E-state index contributed by atoms with van der Waals surface area (Å²) in [7, 11) is 0. The van der Waals surface area contributed by atoms with Gasteiger partial charge in [-0.3, -0.25) is 10.1 Å². The molecule has 1 heterocycles. The largest absolute Gasteiger partial charge is 0.456 e. The normalized spacial score (nSPS) is 10.4. The summed E-state index contributed by atoms with van der Waals surface area (Å²) in [6.45, 7) is 0. The molecule has 18 heavy (non-hydrogen) atoms. The van der Waals surface area contributed by atoms with E-state index < -0.39 is 4.92 Å². The average Bonchev–Trinajstić information content (AvgIpc) is 2.85. The summed E-state index contributed by atoms with van der Waals surface area (Å²) in [5.74, 6) is 0.879. The van der Waals surface area contributed by atoms with Gasteiger partial charge in [0.2, 0.25) is 6.20 Å². The van der Waals surface area contributed by atoms with Gasteiger partial charge >= 0.3 is 0 Å². The van der Waals surface area contributed by atoms with Gasteiger partial charge < -0.3 is 4.42 Å². The monoisotopic (exact) mass is 240 g/mol. The van der Waals surface area contributed by atoms with Gasteiger partial charge in [-0.25, -0.2) is 0 Å². The summed E-state index contributed by atoms with van der Waals surface area (Å²) in [5, 5.41) is 19.2. The molecule has 0 bridgehead atoms. The molecule has 0 saturated heterocycles. The number of nitrogens with zero attached hydrogens (tertiary/aromatic N) is 2. The molecule has 5 nitrogen and oxygen atoms in total. The van der Waals surface area contributed by atoms with Crippen molar-refractivity contribution < 1.29 is 9.34 Å². The van der Waals surface area contributed by atoms with E-state index in [4.69, 9.17) is 9.68 Å². The highest BCUT2D eigenvalue weighted by Crippen LogP contribution is 2.25. The number of hydrogen-bond donors (Lipinski definition) is 0. The van der Waals surface area contributed by atoms with Crippen LogP contribution in [0.2, 0.25) is 0 Å². The Bertz CT molecular complexity index is 650. The summed E-state index contributed by atoms with van der Waals surface area (Å²) < 4.78 is 5.42. The van der Waals surface area contributed by atoms with Crippen molar-refractivity contribution in [1.29, 1.82) is 5.26 Å². The smallest absolute Gasteiger partial charge is 0.238 e. The molecule has 0 aliphatic carbocycles. The van der Waals surface area contributed by atoms with E-state index in [0.29, 0.717) is 22.6 Å². The van der Waals surface area contributed by atoms with Crippen LogP contribution >= 0.6 is 0 Å². The highest BCUT2D eigenvalue weighted by molar-refractivity contribution is 5.67. The lowest BCUT2D eigenvalue weighted by atomic mass is 10.1. The lowest BCUT2D eigenvalue weighted by Crippen LogP contribution is -1.81. The lowest BCUT2D eigenvalue weighted by Gasteiger charge is -1.98. The van der Waals surface area contributed by atoms with E-state index in [9.17, 15) is 10.1 Å². The van der Waals surface area contributed by atoms with Gasteiger partial charge in [0.05, 0.1) is 22.6 Å². The van der Waals surface area contributed by atoms with Gasteiger partial charge in [-0.15, -0.1) is 0 Å². The molecule has 2 rings (SSSR count). The second-order valence-electron chi connectivity index (χ2n) is 3.46. The predicted octanol–water partition coefficient (Wildman–Crippen LogP) is 3.07. The minimum atomic E-state index is -0.564. The van der Waals surface area contributed by atoms with Crippen molar-refractivity contribution in [3.05, 3.63) is 64.0 Å². The van der Waals surface area contributed by atoms with Crippen LogP contribution in [0.15, 0.2) is 47.0 Å². The Morgan fingerprint density at radius 3 is 2.78 bits per heavy atom. The van der Waals surface area contributed by atoms with Gasteiger partial charge in [-0.2, -0.15) is 5.26 Å². The Kier molecular flexibility index (Phi) is 3.21. The van der Waals surface area contributed by atoms with E-state index in [2.05, 4.69) is 6.07 Å². The molecule has 1 aromatic carbocycles. The number of rotatable bonds is 3. The van der Waals surface area contributed by atoms with Crippen LogP contribution in [0.25, 0.3) is 17.4 Å². The maximum absolute atomic E-state index is 10.2. The minimum Gasteiger partial charge on any atom is -0.456 e. The first kappa shape index (κ1) is 11.6. The van der Waals surface area contributed by atoms with E-state index in [1.807, 2.05) is 0 Å². The van der Waals surface area contributed by atoms with E-state index in [1.54, 1.807) is 36.4 Å². The summed E-state index contributed by atoms with van der Waals surface area (Å²) in [6.07, 6.45) is 2.07. The summed E-state index contributed by atoms with van der Waals surface area (Å²) in [5.41, 5.74) is 1.16. The van der Waals surface area contributed by atoms with Crippen molar-refractivity contribution in [2.45, 2.75) is 0 Å². The van der Waals surface area contributed by atoms with Gasteiger partial charge in [0.1, 0.15) is 11.5 Å². The predicted molar refractivity (Wildman–Crippen MR) is 64.9 cm³/mol. The number of hydrogen-bond acceptors (Lipinski definition) is 4. The quantitative estimate of drug-likeness (QED) is 0.609. The maximum atomic E-state index is 10.2. The van der Waals surface area contributed by atoms with E-state index in [-0.39, 0.29) is 0 Å². The fourth-order valence-electron chi connectivity index (χ4n) is 1.52. The molecular weight excluding hydrogens is 232 g/mol. The molecule has 0 N–H and O–H groups in total. The SMILES string of the molecule is N#Cc1ccccc1-c1ccc(C=C[N+](=O)[O-])o1. The molecular formula is C13H8N2O3. The molecule has 2 aromatic rings. The van der Waals surface area contributed by atoms with Crippen LogP contribution < -0.4 is 0 Å². The Balaban J connectivity index is 2.36. The van der Waals surface area contributed by atoms with Crippen LogP contribution in [0.5, 0.6) is 0 Å². The lowest BCUT2D eigenvalue weighted by molar-refractivity contribution is -0.401. The third-order valence-electron chi connectivity index (χ3n) is 2.30. The zero-order valence-electron chi connectivity index (χ0n) is 9.24. The first-order valence-corrected chi connectivity index (χ1v) is 5.12. The molecule has 88 valence electrons. The first-order chi connectivity index (χ1) is 8.70. The second kappa shape index (κ2) is 4.97. The van der Waals surface area contributed by atoms with Crippen molar-refractivity contribution in [3.8, 4) is 17.4 Å². The Hall–Kier alpha value is -2.87. The Morgan fingerprint density at radius 2 is 2.06 bits per heavy atom. The van der Waals surface area contributed by atoms with Gasteiger partial charge in [0.25, 0.3) is 0 Å². The van der Waals surface area contributed by atoms with Crippen LogP contribution in [0, 0.1) is 21.4 Å². The van der Waals surface area contributed by atoms with Gasteiger partial charge in [0.15, 0.2) is 0 Å². The molecule has 0 spiro atoms. The molecule has 0 aliphatic rings. The topological polar surface area (TPSA) is 80.1 Å². The molecule has 5 heteroatoms. The Morgan fingerprint density at radius 1 is 1.28 bits per heavy atom. The molecule has 0 aliphatic heterocycles. The minimum absolute atomic E-state index is 0.370. The Labute approximate surface area is 103 Å². The summed E-state index contributed by atoms with van der Waals surface area (Å²) in [4.78, 5) is 9.62. The standard InChI is InChI=1S/C13H8N2O3/c14-9-10-3-1-2-4-12(10)13-6-5-11(18-13)7-8-15(16)17/h1-8H. The second-order valence-corrected chi connectivity index (χ2v) is 3.46. The summed E-state index contributed by atoms with van der Waals surface area (Å²) in [6, 6.07) is 12.4. The third-order valence-corrected chi connectivity index (χ3v) is 2.30.